The van der Waals surface area contributed by atoms with Crippen LogP contribution in [0.4, 0.5) is 4.79 Å². The molecule has 0 aliphatic carbocycles. The van der Waals surface area contributed by atoms with Crippen molar-refractivity contribution in [2.45, 2.75) is 6.04 Å². The molecule has 1 atom stereocenters. The fourth-order valence-corrected chi connectivity index (χ4v) is 1.14. The second-order valence-corrected chi connectivity index (χ2v) is 2.91. The maximum Gasteiger partial charge on any atom is 0.317 e. The summed E-state index contributed by atoms with van der Waals surface area (Å²) in [5.41, 5.74) is 5.44. The Hall–Kier alpha value is -1.14. The van der Waals surface area contributed by atoms with E-state index in [1.165, 1.54) is 4.90 Å². The molecule has 6 heteroatoms. The van der Waals surface area contributed by atoms with Crippen molar-refractivity contribution in [1.29, 1.82) is 0 Å². The lowest BCUT2D eigenvalue weighted by Gasteiger charge is -2.17. The number of aliphatic hydroxyl groups is 1. The molecule has 1 rings (SSSR count). The Morgan fingerprint density at radius 2 is 2.46 bits per heavy atom. The number of Topliss-reactive ketones (excluding diaryl/α,β-unsaturated/α-hetero) is 1. The Bertz CT molecular complexity index is 219. The average Bonchev–Trinajstić information content (AvgIpc) is 2.50. The van der Waals surface area contributed by atoms with Crippen molar-refractivity contribution in [3.8, 4) is 0 Å². The van der Waals surface area contributed by atoms with Crippen molar-refractivity contribution in [1.82, 2.24) is 10.2 Å². The average molecular weight is 187 g/mol. The standard InChI is InChI=1S/C7H13N3O3/c8-5(6(12)4-11)3-10-2-1-9-7(10)13/h5,11H,1-4,8H2,(H,9,13)/t5-/m0/s1. The van der Waals surface area contributed by atoms with E-state index in [4.69, 9.17) is 10.8 Å². The molecule has 0 radical (unpaired) electrons. The number of amides is 2. The van der Waals surface area contributed by atoms with Crippen molar-refractivity contribution in [3.63, 3.8) is 0 Å². The maximum atomic E-state index is 11.0. The molecule has 2 amide bonds. The number of ketones is 1. The van der Waals surface area contributed by atoms with Crippen LogP contribution < -0.4 is 11.1 Å². The number of nitrogens with two attached hydrogens (primary N) is 1. The predicted molar refractivity (Wildman–Crippen MR) is 45.0 cm³/mol. The second-order valence-electron chi connectivity index (χ2n) is 2.91. The minimum atomic E-state index is -0.783. The Morgan fingerprint density at radius 3 is 2.92 bits per heavy atom. The molecule has 13 heavy (non-hydrogen) atoms. The van der Waals surface area contributed by atoms with Gasteiger partial charge in [-0.25, -0.2) is 4.79 Å². The highest BCUT2D eigenvalue weighted by atomic mass is 16.3. The van der Waals surface area contributed by atoms with Gasteiger partial charge in [0.05, 0.1) is 6.04 Å². The highest BCUT2D eigenvalue weighted by Gasteiger charge is 2.23. The monoisotopic (exact) mass is 187 g/mol. The van der Waals surface area contributed by atoms with Crippen molar-refractivity contribution >= 4 is 11.8 Å². The SMILES string of the molecule is N[C@@H](CN1CCNC1=O)C(=O)CO. The molecule has 0 aromatic heterocycles. The van der Waals surface area contributed by atoms with Crippen molar-refractivity contribution in [2.24, 2.45) is 5.73 Å². The summed E-state index contributed by atoms with van der Waals surface area (Å²) in [6.45, 7) is 0.742. The maximum absolute atomic E-state index is 11.0. The number of nitrogens with zero attached hydrogens (tertiary/aromatic N) is 1. The van der Waals surface area contributed by atoms with Crippen LogP contribution in [0.25, 0.3) is 0 Å². The van der Waals surface area contributed by atoms with Crippen LogP contribution in [0.5, 0.6) is 0 Å². The number of carbonyl (C=O) groups excluding carboxylic acids is 2. The number of hydrogen-bond donors (Lipinski definition) is 3. The number of aliphatic hydroxyl groups excluding tert-OH is 1. The Balaban J connectivity index is 2.39. The molecule has 1 fully saturated rings. The van der Waals surface area contributed by atoms with Gasteiger partial charge in [0.1, 0.15) is 6.61 Å². The fraction of sp³-hybridized carbons (Fsp3) is 0.714. The number of carbonyl (C=O) groups is 2. The van der Waals surface area contributed by atoms with Crippen LogP contribution in [0.3, 0.4) is 0 Å². The van der Waals surface area contributed by atoms with Gasteiger partial charge in [-0.15, -0.1) is 0 Å². The van der Waals surface area contributed by atoms with Crippen LogP contribution >= 0.6 is 0 Å². The number of urea groups is 1. The quantitative estimate of drug-likeness (QED) is 0.470. The van der Waals surface area contributed by atoms with Crippen molar-refractivity contribution < 1.29 is 14.7 Å². The van der Waals surface area contributed by atoms with Gasteiger partial charge in [-0.2, -0.15) is 0 Å². The predicted octanol–water partition coefficient (Wildman–Crippen LogP) is -2.10. The molecular formula is C7H13N3O3. The van der Waals surface area contributed by atoms with Gasteiger partial charge in [-0.1, -0.05) is 0 Å². The summed E-state index contributed by atoms with van der Waals surface area (Å²) in [7, 11) is 0. The molecule has 0 aromatic carbocycles. The lowest BCUT2D eigenvalue weighted by Crippen LogP contribution is -2.45. The van der Waals surface area contributed by atoms with Crippen LogP contribution in [0.15, 0.2) is 0 Å². The van der Waals surface area contributed by atoms with E-state index < -0.39 is 18.4 Å². The van der Waals surface area contributed by atoms with Crippen LogP contribution in [-0.2, 0) is 4.79 Å². The molecule has 0 saturated carbocycles. The summed E-state index contributed by atoms with van der Waals surface area (Å²) in [6, 6.07) is -0.991. The van der Waals surface area contributed by atoms with E-state index >= 15 is 0 Å². The summed E-state index contributed by atoms with van der Waals surface area (Å²) in [5, 5.41) is 11.1. The normalized spacial score (nSPS) is 18.6. The van der Waals surface area contributed by atoms with Crippen LogP contribution in [0, 0.1) is 0 Å². The van der Waals surface area contributed by atoms with Gasteiger partial charge in [0.15, 0.2) is 5.78 Å². The van der Waals surface area contributed by atoms with Gasteiger partial charge in [-0.05, 0) is 0 Å². The van der Waals surface area contributed by atoms with Gasteiger partial charge in [0.2, 0.25) is 0 Å². The molecule has 1 aliphatic heterocycles. The van der Waals surface area contributed by atoms with E-state index in [0.717, 1.165) is 0 Å². The van der Waals surface area contributed by atoms with E-state index in [1.54, 1.807) is 0 Å². The van der Waals surface area contributed by atoms with Crippen LogP contribution in [0.2, 0.25) is 0 Å². The Kier molecular flexibility index (Phi) is 3.21. The molecule has 6 nitrogen and oxygen atoms in total. The number of hydrogen-bond acceptors (Lipinski definition) is 4. The first kappa shape index (κ1) is 9.94. The molecule has 0 unspecified atom stereocenters. The van der Waals surface area contributed by atoms with Gasteiger partial charge in [0.25, 0.3) is 0 Å². The minimum absolute atomic E-state index is 0.172. The largest absolute Gasteiger partial charge is 0.389 e. The third kappa shape index (κ3) is 2.40. The zero-order valence-corrected chi connectivity index (χ0v) is 7.19. The highest BCUT2D eigenvalue weighted by molar-refractivity contribution is 5.86. The number of rotatable bonds is 4. The zero-order valence-electron chi connectivity index (χ0n) is 7.19. The first-order valence-corrected chi connectivity index (χ1v) is 4.07. The lowest BCUT2D eigenvalue weighted by molar-refractivity contribution is -0.123. The third-order valence-corrected chi connectivity index (χ3v) is 1.93. The van der Waals surface area contributed by atoms with E-state index in [0.29, 0.717) is 13.1 Å². The highest BCUT2D eigenvalue weighted by Crippen LogP contribution is 1.97. The third-order valence-electron chi connectivity index (χ3n) is 1.93. The Labute approximate surface area is 75.7 Å². The summed E-state index contributed by atoms with van der Waals surface area (Å²) < 4.78 is 0. The van der Waals surface area contributed by atoms with Gasteiger partial charge >= 0.3 is 6.03 Å². The summed E-state index contributed by atoms with van der Waals surface area (Å²) in [4.78, 5) is 23.3. The van der Waals surface area contributed by atoms with E-state index in [-0.39, 0.29) is 12.6 Å². The summed E-state index contributed by atoms with van der Waals surface area (Å²) in [5.74, 6) is -0.445. The topological polar surface area (TPSA) is 95.7 Å². The van der Waals surface area contributed by atoms with Gasteiger partial charge < -0.3 is 21.1 Å². The van der Waals surface area contributed by atoms with Crippen molar-refractivity contribution in [3.05, 3.63) is 0 Å². The molecule has 74 valence electrons. The lowest BCUT2D eigenvalue weighted by atomic mass is 10.2. The molecule has 0 spiro atoms. The first-order valence-electron chi connectivity index (χ1n) is 4.07. The molecule has 1 aliphatic rings. The van der Waals surface area contributed by atoms with Crippen LogP contribution in [0.1, 0.15) is 0 Å². The molecule has 0 bridgehead atoms. The van der Waals surface area contributed by atoms with Crippen LogP contribution in [-0.4, -0.2) is 54.1 Å². The zero-order chi connectivity index (χ0) is 9.84. The summed E-state index contributed by atoms with van der Waals surface area (Å²) >= 11 is 0. The molecule has 0 aromatic rings. The molecule has 4 N–H and O–H groups in total. The van der Waals surface area contributed by atoms with Gasteiger partial charge in [0, 0.05) is 19.6 Å². The van der Waals surface area contributed by atoms with E-state index in [2.05, 4.69) is 5.32 Å². The minimum Gasteiger partial charge on any atom is -0.389 e. The van der Waals surface area contributed by atoms with Gasteiger partial charge in [-0.3, -0.25) is 4.79 Å². The Morgan fingerprint density at radius 1 is 1.77 bits per heavy atom. The number of nitrogens with one attached hydrogen (secondary N) is 1. The van der Waals surface area contributed by atoms with Crippen molar-refractivity contribution in [2.75, 3.05) is 26.2 Å². The fourth-order valence-electron chi connectivity index (χ4n) is 1.14. The first-order chi connectivity index (χ1) is 6.15. The molecular weight excluding hydrogens is 174 g/mol. The second kappa shape index (κ2) is 4.20. The smallest absolute Gasteiger partial charge is 0.317 e. The molecule has 1 saturated heterocycles. The van der Waals surface area contributed by atoms with E-state index in [9.17, 15) is 9.59 Å². The molecule has 1 heterocycles. The summed E-state index contributed by atoms with van der Waals surface area (Å²) in [6.07, 6.45) is 0. The van der Waals surface area contributed by atoms with E-state index in [1.807, 2.05) is 0 Å².